The van der Waals surface area contributed by atoms with Crippen molar-refractivity contribution in [1.29, 1.82) is 0 Å². The van der Waals surface area contributed by atoms with Crippen LogP contribution in [0.25, 0.3) is 16.3 Å². The molecule has 1 N–H and O–H groups in total. The summed E-state index contributed by atoms with van der Waals surface area (Å²) in [6.07, 6.45) is 12.3. The summed E-state index contributed by atoms with van der Waals surface area (Å²) in [5, 5.41) is 4.57. The number of allylic oxidation sites excluding steroid dienone is 4. The number of para-hydroxylation sites is 2. The number of nitrogens with one attached hydrogen (secondary N) is 1. The van der Waals surface area contributed by atoms with E-state index in [0.29, 0.717) is 0 Å². The molecule has 1 aromatic heterocycles. The van der Waals surface area contributed by atoms with Crippen LogP contribution in [-0.2, 0) is 6.54 Å². The molecule has 2 nitrogen and oxygen atoms in total. The predicted octanol–water partition coefficient (Wildman–Crippen LogP) is 5.71. The van der Waals surface area contributed by atoms with Crippen LogP contribution < -0.4 is 9.88 Å². The third kappa shape index (κ3) is 4.25. The number of hydrogen-bond donors (Lipinski definition) is 1. The van der Waals surface area contributed by atoms with E-state index in [1.807, 2.05) is 41.8 Å². The summed E-state index contributed by atoms with van der Waals surface area (Å²) < 4.78 is 3.68. The van der Waals surface area contributed by atoms with Crippen LogP contribution in [0.5, 0.6) is 0 Å². The van der Waals surface area contributed by atoms with Gasteiger partial charge in [0.2, 0.25) is 5.52 Å². The van der Waals surface area contributed by atoms with Gasteiger partial charge in [-0.05, 0) is 37.6 Å². The van der Waals surface area contributed by atoms with E-state index in [1.165, 1.54) is 20.8 Å². The maximum atomic E-state index is 3.30. The first kappa shape index (κ1) is 17.2. The SMILES string of the molecule is CC[n+]1c(/C=C/C=C/C=C\Nc2ccccc2C)sc2ccccc21. The Bertz CT molecular complexity index is 932. The summed E-state index contributed by atoms with van der Waals surface area (Å²) >= 11 is 1.83. The Kier molecular flexibility index (Phi) is 5.81. The van der Waals surface area contributed by atoms with Gasteiger partial charge >= 0.3 is 0 Å². The second-order valence-electron chi connectivity index (χ2n) is 5.71. The number of aromatic nitrogens is 1. The minimum Gasteiger partial charge on any atom is -0.361 e. The molecule has 3 heteroatoms. The summed E-state index contributed by atoms with van der Waals surface area (Å²) in [5.74, 6) is 0. The maximum Gasteiger partial charge on any atom is 0.262 e. The van der Waals surface area contributed by atoms with Gasteiger partial charge in [0.05, 0.1) is 0 Å². The molecule has 0 radical (unpaired) electrons. The molecule has 126 valence electrons. The minimum absolute atomic E-state index is 0.980. The molecular weight excluding hydrogens is 324 g/mol. The van der Waals surface area contributed by atoms with Crippen LogP contribution >= 0.6 is 11.3 Å². The standard InChI is InChI=1S/C22H22N2S/c1-3-24-20-14-9-10-15-21(20)25-22(24)16-6-4-5-11-17-23-19-13-8-7-12-18(19)2/h4-17H,3H2,1-2H3/p+1. The molecule has 0 saturated heterocycles. The molecule has 0 aliphatic carbocycles. The van der Waals surface area contributed by atoms with Gasteiger partial charge in [-0.25, -0.2) is 0 Å². The molecule has 0 saturated carbocycles. The van der Waals surface area contributed by atoms with Crippen LogP contribution in [0.2, 0.25) is 0 Å². The number of anilines is 1. The number of aryl methyl sites for hydroxylation is 2. The number of fused-ring (bicyclic) bond motifs is 1. The van der Waals surface area contributed by atoms with Crippen molar-refractivity contribution in [2.45, 2.75) is 20.4 Å². The number of hydrogen-bond acceptors (Lipinski definition) is 2. The molecular formula is C22H23N2S+. The molecule has 25 heavy (non-hydrogen) atoms. The first-order chi connectivity index (χ1) is 12.3. The van der Waals surface area contributed by atoms with Gasteiger partial charge in [-0.3, -0.25) is 0 Å². The fraction of sp³-hybridized carbons (Fsp3) is 0.136. The van der Waals surface area contributed by atoms with Gasteiger partial charge in [-0.1, -0.05) is 59.9 Å². The monoisotopic (exact) mass is 347 g/mol. The molecule has 0 bridgehead atoms. The van der Waals surface area contributed by atoms with E-state index in [2.05, 4.69) is 78.4 Å². The van der Waals surface area contributed by atoms with Crippen molar-refractivity contribution >= 4 is 33.3 Å². The normalized spacial score (nSPS) is 12.1. The first-order valence-electron chi connectivity index (χ1n) is 8.53. The molecule has 0 spiro atoms. The lowest BCUT2D eigenvalue weighted by Crippen LogP contribution is -2.33. The summed E-state index contributed by atoms with van der Waals surface area (Å²) in [5.41, 5.74) is 3.68. The Hall–Kier alpha value is -2.65. The van der Waals surface area contributed by atoms with Crippen molar-refractivity contribution in [1.82, 2.24) is 0 Å². The minimum atomic E-state index is 0.980. The average molecular weight is 348 g/mol. The van der Waals surface area contributed by atoms with Gasteiger partial charge in [-0.15, -0.1) is 0 Å². The summed E-state index contributed by atoms with van der Waals surface area (Å²) in [6, 6.07) is 16.8. The fourth-order valence-electron chi connectivity index (χ4n) is 2.70. The smallest absolute Gasteiger partial charge is 0.262 e. The van der Waals surface area contributed by atoms with Crippen LogP contribution in [0.15, 0.2) is 79.0 Å². The largest absolute Gasteiger partial charge is 0.361 e. The van der Waals surface area contributed by atoms with Gasteiger partial charge in [0.25, 0.3) is 5.01 Å². The van der Waals surface area contributed by atoms with Gasteiger partial charge in [0.15, 0.2) is 0 Å². The molecule has 3 aromatic rings. The number of benzene rings is 2. The second-order valence-corrected chi connectivity index (χ2v) is 6.78. The Balaban J connectivity index is 1.62. The Morgan fingerprint density at radius 1 is 0.960 bits per heavy atom. The van der Waals surface area contributed by atoms with Gasteiger partial charge in [-0.2, -0.15) is 4.57 Å². The average Bonchev–Trinajstić information content (AvgIpc) is 2.99. The van der Waals surface area contributed by atoms with E-state index in [9.17, 15) is 0 Å². The predicted molar refractivity (Wildman–Crippen MR) is 110 cm³/mol. The lowest BCUT2D eigenvalue weighted by atomic mass is 10.2. The van der Waals surface area contributed by atoms with Crippen molar-refractivity contribution in [3.05, 3.63) is 89.6 Å². The highest BCUT2D eigenvalue weighted by molar-refractivity contribution is 7.18. The highest BCUT2D eigenvalue weighted by Crippen LogP contribution is 2.21. The van der Waals surface area contributed by atoms with Crippen LogP contribution in [0.4, 0.5) is 5.69 Å². The Labute approximate surface area is 153 Å². The maximum absolute atomic E-state index is 3.30. The van der Waals surface area contributed by atoms with Crippen LogP contribution in [0.3, 0.4) is 0 Å². The summed E-state index contributed by atoms with van der Waals surface area (Å²) in [7, 11) is 0. The van der Waals surface area contributed by atoms with Crippen molar-refractivity contribution in [3.63, 3.8) is 0 Å². The molecule has 3 rings (SSSR count). The lowest BCUT2D eigenvalue weighted by molar-refractivity contribution is -0.665. The molecule has 0 atom stereocenters. The van der Waals surface area contributed by atoms with Crippen molar-refractivity contribution in [2.24, 2.45) is 0 Å². The molecule has 2 aromatic carbocycles. The van der Waals surface area contributed by atoms with Crippen molar-refractivity contribution in [2.75, 3.05) is 5.32 Å². The first-order valence-corrected chi connectivity index (χ1v) is 9.34. The Morgan fingerprint density at radius 2 is 1.72 bits per heavy atom. The van der Waals surface area contributed by atoms with Crippen LogP contribution in [-0.4, -0.2) is 0 Å². The van der Waals surface area contributed by atoms with Crippen LogP contribution in [0.1, 0.15) is 17.5 Å². The zero-order valence-corrected chi connectivity index (χ0v) is 15.5. The number of nitrogens with zero attached hydrogens (tertiary/aromatic N) is 1. The summed E-state index contributed by atoms with van der Waals surface area (Å²) in [4.78, 5) is 0. The van der Waals surface area contributed by atoms with E-state index in [-0.39, 0.29) is 0 Å². The lowest BCUT2D eigenvalue weighted by Gasteiger charge is -2.03. The molecule has 0 aliphatic rings. The molecule has 0 fully saturated rings. The highest BCUT2D eigenvalue weighted by Gasteiger charge is 2.15. The van der Waals surface area contributed by atoms with Gasteiger partial charge in [0, 0.05) is 24.0 Å². The third-order valence-corrected chi connectivity index (χ3v) is 5.14. The quantitative estimate of drug-likeness (QED) is 0.446. The van der Waals surface area contributed by atoms with E-state index in [1.54, 1.807) is 0 Å². The van der Waals surface area contributed by atoms with Crippen molar-refractivity contribution < 1.29 is 4.57 Å². The molecule has 0 aliphatic heterocycles. The third-order valence-electron chi connectivity index (χ3n) is 4.01. The number of thiazole rings is 1. The Morgan fingerprint density at radius 3 is 2.56 bits per heavy atom. The number of rotatable bonds is 6. The molecule has 0 amide bonds. The van der Waals surface area contributed by atoms with Gasteiger partial charge in [0.1, 0.15) is 11.2 Å². The fourth-order valence-corrected chi connectivity index (χ4v) is 3.84. The second kappa shape index (κ2) is 8.45. The van der Waals surface area contributed by atoms with E-state index in [0.717, 1.165) is 12.2 Å². The molecule has 1 heterocycles. The molecule has 0 unspecified atom stereocenters. The zero-order chi connectivity index (χ0) is 17.5. The topological polar surface area (TPSA) is 15.9 Å². The van der Waals surface area contributed by atoms with E-state index >= 15 is 0 Å². The summed E-state index contributed by atoms with van der Waals surface area (Å²) in [6.45, 7) is 5.27. The van der Waals surface area contributed by atoms with Gasteiger partial charge < -0.3 is 5.32 Å². The highest BCUT2D eigenvalue weighted by atomic mass is 32.1. The zero-order valence-electron chi connectivity index (χ0n) is 14.6. The van der Waals surface area contributed by atoms with Crippen LogP contribution in [0, 0.1) is 6.92 Å². The van der Waals surface area contributed by atoms with Crippen molar-refractivity contribution in [3.8, 4) is 0 Å². The van der Waals surface area contributed by atoms with E-state index in [4.69, 9.17) is 0 Å². The van der Waals surface area contributed by atoms with E-state index < -0.39 is 0 Å².